The fraction of sp³-hybridized carbons (Fsp3) is 0.600. The molecule has 0 heterocycles. The van der Waals surface area contributed by atoms with Crippen LogP contribution in [0.3, 0.4) is 0 Å². The molecule has 0 unspecified atom stereocenters. The van der Waals surface area contributed by atoms with Gasteiger partial charge >= 0.3 is 0 Å². The van der Waals surface area contributed by atoms with E-state index >= 15 is 0 Å². The summed E-state index contributed by atoms with van der Waals surface area (Å²) in [7, 11) is 0. The summed E-state index contributed by atoms with van der Waals surface area (Å²) in [5, 5.41) is 0. The Morgan fingerprint density at radius 2 is 1.70 bits per heavy atom. The Hall–Kier alpha value is -0.520. The third kappa shape index (κ3) is 10.5. The predicted molar refractivity (Wildman–Crippen MR) is 50.2 cm³/mol. The van der Waals surface area contributed by atoms with E-state index in [1.165, 1.54) is 5.57 Å². The van der Waals surface area contributed by atoms with E-state index in [9.17, 15) is 0 Å². The van der Waals surface area contributed by atoms with Crippen LogP contribution in [-0.4, -0.2) is 0 Å². The first-order chi connectivity index (χ1) is 4.66. The van der Waals surface area contributed by atoms with Crippen molar-refractivity contribution in [3.05, 3.63) is 23.8 Å². The molecule has 0 fully saturated rings. The highest BCUT2D eigenvalue weighted by atomic mass is 13.9. The molecule has 60 valence electrons. The fourth-order valence-electron chi connectivity index (χ4n) is 0.523. The van der Waals surface area contributed by atoms with Crippen LogP contribution in [0.1, 0.15) is 41.0 Å². The monoisotopic (exact) mass is 140 g/mol. The number of rotatable bonds is 2. The standard InChI is InChI=1S/C8H14.C2H6/c1-5-8(4)6-7(2)3;1-2/h6H,2,5H2,1,3-4H3;1-2H3/b8-6-;. The third-order valence-corrected chi connectivity index (χ3v) is 1.05. The van der Waals surface area contributed by atoms with Crippen LogP contribution in [0.5, 0.6) is 0 Å². The molecule has 0 amide bonds. The molecular weight excluding hydrogens is 120 g/mol. The summed E-state index contributed by atoms with van der Waals surface area (Å²) in [5.41, 5.74) is 2.54. The summed E-state index contributed by atoms with van der Waals surface area (Å²) in [5.74, 6) is 0. The van der Waals surface area contributed by atoms with Crippen molar-refractivity contribution < 1.29 is 0 Å². The zero-order valence-corrected chi connectivity index (χ0v) is 7.99. The van der Waals surface area contributed by atoms with Gasteiger partial charge < -0.3 is 0 Å². The van der Waals surface area contributed by atoms with Crippen molar-refractivity contribution in [2.45, 2.75) is 41.0 Å². The second kappa shape index (κ2) is 8.48. The molecule has 0 atom stereocenters. The molecule has 0 nitrogen and oxygen atoms in total. The summed E-state index contributed by atoms with van der Waals surface area (Å²) in [6.07, 6.45) is 3.24. The Balaban J connectivity index is 0. The molecule has 0 radical (unpaired) electrons. The van der Waals surface area contributed by atoms with Crippen LogP contribution in [0, 0.1) is 0 Å². The smallest absolute Gasteiger partial charge is 0.0348 e. The highest BCUT2D eigenvalue weighted by Crippen LogP contribution is 2.01. The molecule has 0 spiro atoms. The fourth-order valence-corrected chi connectivity index (χ4v) is 0.523. The number of hydrogen-bond donors (Lipinski definition) is 0. The van der Waals surface area contributed by atoms with Crippen molar-refractivity contribution in [2.24, 2.45) is 0 Å². The topological polar surface area (TPSA) is 0 Å². The Labute approximate surface area is 65.7 Å². The van der Waals surface area contributed by atoms with E-state index in [1.807, 2.05) is 20.8 Å². The SMILES string of the molecule is C=C(C)/C=C(/C)CC.CC. The molecule has 0 aromatic carbocycles. The molecule has 0 aliphatic rings. The van der Waals surface area contributed by atoms with Crippen molar-refractivity contribution in [3.8, 4) is 0 Å². The van der Waals surface area contributed by atoms with Crippen molar-refractivity contribution in [1.29, 1.82) is 0 Å². The molecule has 0 aromatic heterocycles. The first-order valence-corrected chi connectivity index (χ1v) is 3.99. The lowest BCUT2D eigenvalue weighted by atomic mass is 10.2. The second-order valence-electron chi connectivity index (χ2n) is 2.19. The molecule has 0 aromatic rings. The molecule has 0 saturated carbocycles. The van der Waals surface area contributed by atoms with Crippen molar-refractivity contribution in [3.63, 3.8) is 0 Å². The van der Waals surface area contributed by atoms with E-state index < -0.39 is 0 Å². The third-order valence-electron chi connectivity index (χ3n) is 1.05. The highest BCUT2D eigenvalue weighted by molar-refractivity contribution is 5.16. The maximum Gasteiger partial charge on any atom is -0.0348 e. The molecule has 0 aliphatic heterocycles. The molecule has 0 saturated heterocycles. The van der Waals surface area contributed by atoms with Gasteiger partial charge in [-0.2, -0.15) is 0 Å². The van der Waals surface area contributed by atoms with Gasteiger partial charge in [-0.25, -0.2) is 0 Å². The number of allylic oxidation sites excluding steroid dienone is 3. The summed E-state index contributed by atoms with van der Waals surface area (Å²) >= 11 is 0. The first kappa shape index (κ1) is 12.2. The lowest BCUT2D eigenvalue weighted by Gasteiger charge is -1.91. The Bertz CT molecular complexity index is 107. The van der Waals surface area contributed by atoms with Crippen LogP contribution in [0.15, 0.2) is 23.8 Å². The average molecular weight is 140 g/mol. The predicted octanol–water partition coefficient (Wildman–Crippen LogP) is 3.95. The molecule has 0 rings (SSSR count). The van der Waals surface area contributed by atoms with E-state index in [1.54, 1.807) is 0 Å². The van der Waals surface area contributed by atoms with Crippen molar-refractivity contribution in [2.75, 3.05) is 0 Å². The molecule has 0 aliphatic carbocycles. The maximum atomic E-state index is 3.77. The van der Waals surface area contributed by atoms with E-state index in [2.05, 4.69) is 26.5 Å². The normalized spacial score (nSPS) is 9.90. The van der Waals surface area contributed by atoms with Crippen LogP contribution in [0.4, 0.5) is 0 Å². The minimum atomic E-state index is 1.13. The van der Waals surface area contributed by atoms with Gasteiger partial charge in [-0.1, -0.05) is 44.6 Å². The van der Waals surface area contributed by atoms with E-state index in [-0.39, 0.29) is 0 Å². The van der Waals surface area contributed by atoms with E-state index in [4.69, 9.17) is 0 Å². The van der Waals surface area contributed by atoms with Gasteiger partial charge in [-0.3, -0.25) is 0 Å². The van der Waals surface area contributed by atoms with Gasteiger partial charge in [0.25, 0.3) is 0 Å². The zero-order valence-electron chi connectivity index (χ0n) is 7.99. The van der Waals surface area contributed by atoms with Gasteiger partial charge in [-0.15, -0.1) is 0 Å². The molecule has 10 heavy (non-hydrogen) atoms. The van der Waals surface area contributed by atoms with Crippen LogP contribution in [0.2, 0.25) is 0 Å². The van der Waals surface area contributed by atoms with Gasteiger partial charge in [-0.05, 0) is 20.3 Å². The van der Waals surface area contributed by atoms with Gasteiger partial charge in [0, 0.05) is 0 Å². The molecule has 0 heteroatoms. The summed E-state index contributed by atoms with van der Waals surface area (Å²) in [6, 6.07) is 0. The maximum absolute atomic E-state index is 3.77. The molecule has 0 bridgehead atoms. The highest BCUT2D eigenvalue weighted by Gasteiger charge is 1.80. The lowest BCUT2D eigenvalue weighted by molar-refractivity contribution is 1.09. The zero-order chi connectivity index (χ0) is 8.57. The Morgan fingerprint density at radius 3 is 1.80 bits per heavy atom. The first-order valence-electron chi connectivity index (χ1n) is 3.99. The van der Waals surface area contributed by atoms with Gasteiger partial charge in [0.15, 0.2) is 0 Å². The van der Waals surface area contributed by atoms with Crippen molar-refractivity contribution >= 4 is 0 Å². The largest absolute Gasteiger partial charge is 0.0961 e. The van der Waals surface area contributed by atoms with Crippen molar-refractivity contribution in [1.82, 2.24) is 0 Å². The van der Waals surface area contributed by atoms with Crippen LogP contribution in [0.25, 0.3) is 0 Å². The summed E-state index contributed by atoms with van der Waals surface area (Å²) in [4.78, 5) is 0. The van der Waals surface area contributed by atoms with E-state index in [0.717, 1.165) is 12.0 Å². The summed E-state index contributed by atoms with van der Waals surface area (Å²) < 4.78 is 0. The average Bonchev–Trinajstić information content (AvgIpc) is 1.91. The van der Waals surface area contributed by atoms with Gasteiger partial charge in [0.2, 0.25) is 0 Å². The quantitative estimate of drug-likeness (QED) is 0.509. The lowest BCUT2D eigenvalue weighted by Crippen LogP contribution is -1.70. The summed E-state index contributed by atoms with van der Waals surface area (Å²) in [6.45, 7) is 14.0. The van der Waals surface area contributed by atoms with Crippen LogP contribution >= 0.6 is 0 Å². The number of hydrogen-bond acceptors (Lipinski definition) is 0. The Kier molecular flexibility index (Phi) is 10.3. The van der Waals surface area contributed by atoms with Crippen LogP contribution < -0.4 is 0 Å². The minimum absolute atomic E-state index is 1.13. The Morgan fingerprint density at radius 1 is 1.30 bits per heavy atom. The second-order valence-corrected chi connectivity index (χ2v) is 2.19. The molecule has 0 N–H and O–H groups in total. The van der Waals surface area contributed by atoms with E-state index in [0.29, 0.717) is 0 Å². The van der Waals surface area contributed by atoms with Gasteiger partial charge in [0.05, 0.1) is 0 Å². The molecular formula is C10H20. The minimum Gasteiger partial charge on any atom is -0.0961 e. The van der Waals surface area contributed by atoms with Gasteiger partial charge in [0.1, 0.15) is 0 Å². The van der Waals surface area contributed by atoms with Crippen LogP contribution in [-0.2, 0) is 0 Å².